The van der Waals surface area contributed by atoms with E-state index in [2.05, 4.69) is 17.4 Å². The van der Waals surface area contributed by atoms with Gasteiger partial charge in [0.1, 0.15) is 5.75 Å². The topological polar surface area (TPSA) is 49.3 Å². The van der Waals surface area contributed by atoms with Crippen molar-refractivity contribution in [2.75, 3.05) is 0 Å². The molecular weight excluding hydrogens is 250 g/mol. The van der Waals surface area contributed by atoms with Crippen LogP contribution in [0.15, 0.2) is 48.5 Å². The van der Waals surface area contributed by atoms with Gasteiger partial charge in [0.25, 0.3) is 0 Å². The van der Waals surface area contributed by atoms with E-state index >= 15 is 0 Å². The average molecular weight is 267 g/mol. The van der Waals surface area contributed by atoms with Crippen molar-refractivity contribution >= 4 is 5.91 Å². The molecule has 0 fully saturated rings. The lowest BCUT2D eigenvalue weighted by Gasteiger charge is -2.14. The van der Waals surface area contributed by atoms with Gasteiger partial charge in [0.05, 0.1) is 12.5 Å². The van der Waals surface area contributed by atoms with Gasteiger partial charge in [0, 0.05) is 5.56 Å². The second-order valence-corrected chi connectivity index (χ2v) is 5.16. The van der Waals surface area contributed by atoms with E-state index in [-0.39, 0.29) is 24.1 Å². The average Bonchev–Trinajstić information content (AvgIpc) is 2.85. The van der Waals surface area contributed by atoms with Gasteiger partial charge in [-0.3, -0.25) is 4.79 Å². The number of aryl methyl sites for hydroxylation is 1. The van der Waals surface area contributed by atoms with Crippen molar-refractivity contribution in [1.29, 1.82) is 0 Å². The Morgan fingerprint density at radius 1 is 1.15 bits per heavy atom. The fourth-order valence-corrected chi connectivity index (χ4v) is 2.79. The Labute approximate surface area is 118 Å². The highest BCUT2D eigenvalue weighted by molar-refractivity contribution is 5.79. The summed E-state index contributed by atoms with van der Waals surface area (Å²) in [5, 5.41) is 12.8. The lowest BCUT2D eigenvalue weighted by Crippen LogP contribution is -2.28. The summed E-state index contributed by atoms with van der Waals surface area (Å²) in [6.07, 6.45) is 2.18. The number of rotatable bonds is 3. The number of para-hydroxylation sites is 1. The molecule has 1 aliphatic rings. The Bertz CT molecular complexity index is 636. The Morgan fingerprint density at radius 2 is 1.90 bits per heavy atom. The van der Waals surface area contributed by atoms with Crippen LogP contribution in [0.4, 0.5) is 0 Å². The van der Waals surface area contributed by atoms with Crippen molar-refractivity contribution in [3.8, 4) is 5.75 Å². The first-order chi connectivity index (χ1) is 9.74. The number of hydrogen-bond donors (Lipinski definition) is 2. The summed E-state index contributed by atoms with van der Waals surface area (Å²) in [6, 6.07) is 15.3. The molecule has 1 atom stereocenters. The third-order valence-electron chi connectivity index (χ3n) is 3.81. The van der Waals surface area contributed by atoms with Crippen LogP contribution in [-0.4, -0.2) is 11.0 Å². The van der Waals surface area contributed by atoms with Gasteiger partial charge >= 0.3 is 0 Å². The minimum Gasteiger partial charge on any atom is -0.508 e. The molecule has 0 aromatic heterocycles. The highest BCUT2D eigenvalue weighted by atomic mass is 16.3. The number of benzene rings is 2. The molecule has 102 valence electrons. The standard InChI is InChI=1S/C17H17NO2/c19-16-8-4-2-6-13(16)11-17(20)18-15-10-9-12-5-1-3-7-14(12)15/h1-8,15,19H,9-11H2,(H,18,20)/t15-/m1/s1. The minimum absolute atomic E-state index is 0.0480. The molecule has 2 aromatic carbocycles. The third-order valence-corrected chi connectivity index (χ3v) is 3.81. The van der Waals surface area contributed by atoms with E-state index in [4.69, 9.17) is 0 Å². The van der Waals surface area contributed by atoms with Gasteiger partial charge in [-0.25, -0.2) is 0 Å². The molecule has 3 heteroatoms. The molecule has 0 heterocycles. The molecule has 3 rings (SSSR count). The van der Waals surface area contributed by atoms with Crippen molar-refractivity contribution in [1.82, 2.24) is 5.32 Å². The Morgan fingerprint density at radius 3 is 2.75 bits per heavy atom. The normalized spacial score (nSPS) is 16.7. The van der Waals surface area contributed by atoms with E-state index in [0.29, 0.717) is 5.56 Å². The number of carbonyl (C=O) groups is 1. The molecular formula is C17H17NO2. The van der Waals surface area contributed by atoms with Crippen molar-refractivity contribution in [2.45, 2.75) is 25.3 Å². The van der Waals surface area contributed by atoms with Gasteiger partial charge in [-0.05, 0) is 30.0 Å². The summed E-state index contributed by atoms with van der Waals surface area (Å²) in [5.74, 6) is 0.127. The van der Waals surface area contributed by atoms with E-state index in [9.17, 15) is 9.90 Å². The molecule has 2 aromatic rings. The highest BCUT2D eigenvalue weighted by Crippen LogP contribution is 2.30. The van der Waals surface area contributed by atoms with E-state index in [1.165, 1.54) is 11.1 Å². The summed E-state index contributed by atoms with van der Waals surface area (Å²) < 4.78 is 0. The van der Waals surface area contributed by atoms with Crippen LogP contribution < -0.4 is 5.32 Å². The van der Waals surface area contributed by atoms with Crippen molar-refractivity contribution in [2.24, 2.45) is 0 Å². The van der Waals surface area contributed by atoms with E-state index in [1.807, 2.05) is 18.2 Å². The second-order valence-electron chi connectivity index (χ2n) is 5.16. The maximum absolute atomic E-state index is 12.1. The number of fused-ring (bicyclic) bond motifs is 1. The van der Waals surface area contributed by atoms with Gasteiger partial charge in [0.15, 0.2) is 0 Å². The molecule has 0 bridgehead atoms. The van der Waals surface area contributed by atoms with Gasteiger partial charge in [-0.1, -0.05) is 42.5 Å². The molecule has 1 aliphatic carbocycles. The van der Waals surface area contributed by atoms with E-state index in [1.54, 1.807) is 18.2 Å². The predicted molar refractivity (Wildman–Crippen MR) is 77.5 cm³/mol. The number of phenolic OH excluding ortho intramolecular Hbond substituents is 1. The predicted octanol–water partition coefficient (Wildman–Crippen LogP) is 2.74. The fourth-order valence-electron chi connectivity index (χ4n) is 2.79. The molecule has 0 saturated heterocycles. The number of aromatic hydroxyl groups is 1. The number of phenols is 1. The van der Waals surface area contributed by atoms with Crippen LogP contribution in [0, 0.1) is 0 Å². The maximum atomic E-state index is 12.1. The monoisotopic (exact) mass is 267 g/mol. The molecule has 2 N–H and O–H groups in total. The van der Waals surface area contributed by atoms with Crippen LogP contribution in [0.5, 0.6) is 5.75 Å². The number of nitrogens with one attached hydrogen (secondary N) is 1. The lowest BCUT2D eigenvalue weighted by atomic mass is 10.1. The van der Waals surface area contributed by atoms with Crippen molar-refractivity contribution in [3.63, 3.8) is 0 Å². The Balaban J connectivity index is 1.68. The quantitative estimate of drug-likeness (QED) is 0.898. The van der Waals surface area contributed by atoms with Crippen molar-refractivity contribution < 1.29 is 9.90 Å². The summed E-state index contributed by atoms with van der Waals surface area (Å²) in [5.41, 5.74) is 3.20. The number of carbonyl (C=O) groups excluding carboxylic acids is 1. The molecule has 3 nitrogen and oxygen atoms in total. The van der Waals surface area contributed by atoms with Crippen LogP contribution in [0.3, 0.4) is 0 Å². The summed E-state index contributed by atoms with van der Waals surface area (Å²) in [4.78, 5) is 12.1. The van der Waals surface area contributed by atoms with E-state index in [0.717, 1.165) is 12.8 Å². The van der Waals surface area contributed by atoms with Crippen LogP contribution in [0.1, 0.15) is 29.2 Å². The Hall–Kier alpha value is -2.29. The second kappa shape index (κ2) is 5.37. The first-order valence-corrected chi connectivity index (χ1v) is 6.88. The summed E-state index contributed by atoms with van der Waals surface area (Å²) >= 11 is 0. The van der Waals surface area contributed by atoms with Gasteiger partial charge < -0.3 is 10.4 Å². The molecule has 0 radical (unpaired) electrons. The number of amides is 1. The molecule has 20 heavy (non-hydrogen) atoms. The Kier molecular flexibility index (Phi) is 3.42. The molecule has 0 saturated carbocycles. The zero-order valence-corrected chi connectivity index (χ0v) is 11.2. The fraction of sp³-hybridized carbons (Fsp3) is 0.235. The zero-order chi connectivity index (χ0) is 13.9. The van der Waals surface area contributed by atoms with E-state index < -0.39 is 0 Å². The van der Waals surface area contributed by atoms with Gasteiger partial charge in [-0.15, -0.1) is 0 Å². The highest BCUT2D eigenvalue weighted by Gasteiger charge is 2.23. The molecule has 1 amide bonds. The molecule has 0 unspecified atom stereocenters. The number of hydrogen-bond acceptors (Lipinski definition) is 2. The van der Waals surface area contributed by atoms with Gasteiger partial charge in [-0.2, -0.15) is 0 Å². The minimum atomic E-state index is -0.0480. The van der Waals surface area contributed by atoms with Crippen LogP contribution in [0.25, 0.3) is 0 Å². The lowest BCUT2D eigenvalue weighted by molar-refractivity contribution is -0.121. The SMILES string of the molecule is O=C(Cc1ccccc1O)N[C@@H]1CCc2ccccc21. The first-order valence-electron chi connectivity index (χ1n) is 6.88. The van der Waals surface area contributed by atoms with Gasteiger partial charge in [0.2, 0.25) is 5.91 Å². The molecule has 0 aliphatic heterocycles. The zero-order valence-electron chi connectivity index (χ0n) is 11.2. The van der Waals surface area contributed by atoms with Crippen LogP contribution in [0.2, 0.25) is 0 Å². The summed E-state index contributed by atoms with van der Waals surface area (Å²) in [7, 11) is 0. The largest absolute Gasteiger partial charge is 0.508 e. The van der Waals surface area contributed by atoms with Crippen molar-refractivity contribution in [3.05, 3.63) is 65.2 Å². The molecule has 0 spiro atoms. The smallest absolute Gasteiger partial charge is 0.225 e. The summed E-state index contributed by atoms with van der Waals surface area (Å²) in [6.45, 7) is 0. The van der Waals surface area contributed by atoms with Crippen LogP contribution in [-0.2, 0) is 17.6 Å². The third kappa shape index (κ3) is 2.52. The maximum Gasteiger partial charge on any atom is 0.225 e. The first kappa shape index (κ1) is 12.7. The van der Waals surface area contributed by atoms with Crippen LogP contribution >= 0.6 is 0 Å².